The Labute approximate surface area is 77.5 Å². The van der Waals surface area contributed by atoms with Gasteiger partial charge in [0.2, 0.25) is 5.91 Å². The van der Waals surface area contributed by atoms with Crippen molar-refractivity contribution < 1.29 is 4.79 Å². The zero-order chi connectivity index (χ0) is 8.85. The molecule has 4 heteroatoms. The second kappa shape index (κ2) is 5.67. The third kappa shape index (κ3) is 3.82. The fourth-order valence-corrected chi connectivity index (χ4v) is 0.997. The van der Waals surface area contributed by atoms with Crippen LogP contribution in [0.15, 0.2) is 0 Å². The third-order valence-electron chi connectivity index (χ3n) is 1.70. The van der Waals surface area contributed by atoms with Crippen LogP contribution in [0.25, 0.3) is 0 Å². The molecule has 1 rings (SSSR count). The quantitative estimate of drug-likeness (QED) is 0.544. The number of carbonyl (C=O) groups excluding carboxylic acids is 1. The highest BCUT2D eigenvalue weighted by molar-refractivity contribution is 6.40. The molecule has 1 heterocycles. The molecular formula is C7H13Cl2NO. The van der Waals surface area contributed by atoms with Crippen LogP contribution in [-0.4, -0.2) is 29.7 Å². The molecule has 1 saturated heterocycles. The van der Waals surface area contributed by atoms with Crippen LogP contribution in [0.3, 0.4) is 0 Å². The normalized spacial score (nSPS) is 23.1. The summed E-state index contributed by atoms with van der Waals surface area (Å²) in [5.41, 5.74) is 0. The summed E-state index contributed by atoms with van der Waals surface area (Å²) in [6.07, 6.45) is 1.04. The molecule has 1 aliphatic rings. The molecule has 0 aliphatic carbocycles. The lowest BCUT2D eigenvalue weighted by atomic mass is 10.1. The van der Waals surface area contributed by atoms with Crippen LogP contribution in [0.1, 0.15) is 13.3 Å². The standard InChI is InChI=1S/C6H11NO.CH2Cl2/c1-5-3-4-7(2)6(5)8;2-1-3/h5H,3-4H2,1-2H3;1H2. The van der Waals surface area contributed by atoms with Crippen molar-refractivity contribution in [2.45, 2.75) is 13.3 Å². The minimum Gasteiger partial charge on any atom is -0.346 e. The zero-order valence-electron chi connectivity index (χ0n) is 6.81. The summed E-state index contributed by atoms with van der Waals surface area (Å²) in [5, 5.41) is 0.194. The predicted molar refractivity (Wildman–Crippen MR) is 48.0 cm³/mol. The first-order valence-corrected chi connectivity index (χ1v) is 4.57. The van der Waals surface area contributed by atoms with Gasteiger partial charge in [-0.2, -0.15) is 0 Å². The molecule has 1 aliphatic heterocycles. The van der Waals surface area contributed by atoms with Gasteiger partial charge in [0.1, 0.15) is 0 Å². The summed E-state index contributed by atoms with van der Waals surface area (Å²) in [7, 11) is 1.85. The van der Waals surface area contributed by atoms with E-state index in [0.29, 0.717) is 5.91 Å². The van der Waals surface area contributed by atoms with Gasteiger partial charge in [-0.3, -0.25) is 4.79 Å². The molecule has 0 aromatic carbocycles. The molecular weight excluding hydrogens is 185 g/mol. The molecule has 2 nitrogen and oxygen atoms in total. The Balaban J connectivity index is 0.000000292. The summed E-state index contributed by atoms with van der Waals surface area (Å²) in [5.74, 6) is 0.574. The van der Waals surface area contributed by atoms with E-state index in [1.54, 1.807) is 4.90 Å². The van der Waals surface area contributed by atoms with Gasteiger partial charge in [-0.05, 0) is 6.42 Å². The van der Waals surface area contributed by atoms with Gasteiger partial charge in [-0.1, -0.05) is 6.92 Å². The summed E-state index contributed by atoms with van der Waals surface area (Å²) < 4.78 is 0. The highest BCUT2D eigenvalue weighted by Gasteiger charge is 2.23. The number of nitrogens with zero attached hydrogens (tertiary/aromatic N) is 1. The van der Waals surface area contributed by atoms with Gasteiger partial charge >= 0.3 is 0 Å². The molecule has 0 aromatic rings. The number of amides is 1. The van der Waals surface area contributed by atoms with Crippen molar-refractivity contribution in [2.24, 2.45) is 5.92 Å². The van der Waals surface area contributed by atoms with E-state index in [1.165, 1.54) is 0 Å². The van der Waals surface area contributed by atoms with Crippen molar-refractivity contribution >= 4 is 29.1 Å². The van der Waals surface area contributed by atoms with Crippen LogP contribution in [0.2, 0.25) is 0 Å². The van der Waals surface area contributed by atoms with E-state index in [1.807, 2.05) is 14.0 Å². The Kier molecular flexibility index (Phi) is 5.69. The number of hydrogen-bond acceptors (Lipinski definition) is 1. The number of carbonyl (C=O) groups is 1. The maximum absolute atomic E-state index is 10.8. The maximum atomic E-state index is 10.8. The lowest BCUT2D eigenvalue weighted by Crippen LogP contribution is -2.21. The molecule has 0 aromatic heterocycles. The minimum absolute atomic E-state index is 0.194. The van der Waals surface area contributed by atoms with Crippen LogP contribution in [0.4, 0.5) is 0 Å². The van der Waals surface area contributed by atoms with E-state index < -0.39 is 0 Å². The van der Waals surface area contributed by atoms with Gasteiger partial charge in [0.05, 0.1) is 5.34 Å². The molecule has 0 N–H and O–H groups in total. The molecule has 0 saturated carbocycles. The van der Waals surface area contributed by atoms with Gasteiger partial charge in [0, 0.05) is 19.5 Å². The van der Waals surface area contributed by atoms with Gasteiger partial charge in [-0.15, -0.1) is 23.2 Å². The van der Waals surface area contributed by atoms with Gasteiger partial charge < -0.3 is 4.90 Å². The average molecular weight is 198 g/mol. The first-order chi connectivity index (χ1) is 5.13. The number of halogens is 2. The average Bonchev–Trinajstić information content (AvgIpc) is 2.22. The SMILES string of the molecule is CC1CCN(C)C1=O.ClCCl. The Morgan fingerprint density at radius 3 is 2.18 bits per heavy atom. The van der Waals surface area contributed by atoms with Gasteiger partial charge in [0.15, 0.2) is 0 Å². The van der Waals surface area contributed by atoms with E-state index >= 15 is 0 Å². The highest BCUT2D eigenvalue weighted by Crippen LogP contribution is 2.13. The lowest BCUT2D eigenvalue weighted by molar-refractivity contribution is -0.129. The van der Waals surface area contributed by atoms with Crippen LogP contribution in [-0.2, 0) is 4.79 Å². The smallest absolute Gasteiger partial charge is 0.225 e. The maximum Gasteiger partial charge on any atom is 0.225 e. The zero-order valence-corrected chi connectivity index (χ0v) is 8.32. The van der Waals surface area contributed by atoms with E-state index in [4.69, 9.17) is 23.2 Å². The molecule has 66 valence electrons. The second-order valence-corrected chi connectivity index (χ2v) is 3.36. The Bertz CT molecular complexity index is 118. The molecule has 11 heavy (non-hydrogen) atoms. The van der Waals surface area contributed by atoms with Crippen LogP contribution in [0, 0.1) is 5.92 Å². The number of alkyl halides is 2. The topological polar surface area (TPSA) is 20.3 Å². The largest absolute Gasteiger partial charge is 0.346 e. The fourth-order valence-electron chi connectivity index (χ4n) is 0.997. The molecule has 1 fully saturated rings. The van der Waals surface area contributed by atoms with E-state index in [0.717, 1.165) is 13.0 Å². The predicted octanol–water partition coefficient (Wildman–Crippen LogP) is 1.91. The van der Waals surface area contributed by atoms with E-state index in [9.17, 15) is 4.79 Å². The Morgan fingerprint density at radius 2 is 2.09 bits per heavy atom. The van der Waals surface area contributed by atoms with Crippen molar-refractivity contribution in [3.63, 3.8) is 0 Å². The Hall–Kier alpha value is 0.0500. The minimum atomic E-state index is 0.194. The summed E-state index contributed by atoms with van der Waals surface area (Å²) in [6, 6.07) is 0. The number of hydrogen-bond donors (Lipinski definition) is 0. The van der Waals surface area contributed by atoms with Gasteiger partial charge in [0.25, 0.3) is 0 Å². The summed E-state index contributed by atoms with van der Waals surface area (Å²) in [4.78, 5) is 12.6. The van der Waals surface area contributed by atoms with Crippen molar-refractivity contribution in [1.82, 2.24) is 4.90 Å². The van der Waals surface area contributed by atoms with Crippen molar-refractivity contribution in [3.8, 4) is 0 Å². The molecule has 0 radical (unpaired) electrons. The molecule has 0 spiro atoms. The van der Waals surface area contributed by atoms with Crippen molar-refractivity contribution in [1.29, 1.82) is 0 Å². The molecule has 1 unspecified atom stereocenters. The lowest BCUT2D eigenvalue weighted by Gasteiger charge is -2.05. The van der Waals surface area contributed by atoms with E-state index in [2.05, 4.69) is 0 Å². The first-order valence-electron chi connectivity index (χ1n) is 3.50. The Morgan fingerprint density at radius 1 is 1.64 bits per heavy atom. The fraction of sp³-hybridized carbons (Fsp3) is 0.857. The molecule has 0 bridgehead atoms. The summed E-state index contributed by atoms with van der Waals surface area (Å²) >= 11 is 9.53. The van der Waals surface area contributed by atoms with Crippen LogP contribution < -0.4 is 0 Å². The highest BCUT2D eigenvalue weighted by atomic mass is 35.5. The molecule has 1 amide bonds. The number of rotatable bonds is 0. The van der Waals surface area contributed by atoms with Crippen molar-refractivity contribution in [2.75, 3.05) is 18.9 Å². The van der Waals surface area contributed by atoms with Gasteiger partial charge in [-0.25, -0.2) is 0 Å². The third-order valence-corrected chi connectivity index (χ3v) is 1.70. The number of likely N-dealkylation sites (tertiary alicyclic amines) is 1. The monoisotopic (exact) mass is 197 g/mol. The second-order valence-electron chi connectivity index (χ2n) is 2.55. The summed E-state index contributed by atoms with van der Waals surface area (Å²) in [6.45, 7) is 2.92. The van der Waals surface area contributed by atoms with Crippen LogP contribution in [0.5, 0.6) is 0 Å². The van der Waals surface area contributed by atoms with E-state index in [-0.39, 0.29) is 11.3 Å². The first kappa shape index (κ1) is 11.1. The molecule has 1 atom stereocenters. The van der Waals surface area contributed by atoms with Crippen molar-refractivity contribution in [3.05, 3.63) is 0 Å². The van der Waals surface area contributed by atoms with Crippen LogP contribution >= 0.6 is 23.2 Å².